The number of benzene rings is 1. The van der Waals surface area contributed by atoms with Gasteiger partial charge in [-0.2, -0.15) is 0 Å². The maximum absolute atomic E-state index is 12.6. The van der Waals surface area contributed by atoms with Gasteiger partial charge in [-0.25, -0.2) is 4.79 Å². The fourth-order valence-corrected chi connectivity index (χ4v) is 3.10. The largest absolute Gasteiger partial charge is 0.479 e. The number of aliphatic carboxylic acids is 1. The molecule has 1 aromatic carbocycles. The minimum absolute atomic E-state index is 0.192. The number of carbonyl (C=O) groups excluding carboxylic acids is 1. The maximum atomic E-state index is 12.6. The third-order valence-electron chi connectivity index (χ3n) is 4.12. The number of hydrogen-bond acceptors (Lipinski definition) is 2. The number of carboxylic acid groups (broad SMARTS) is 1. The zero-order valence-corrected chi connectivity index (χ0v) is 13.2. The van der Waals surface area contributed by atoms with Crippen LogP contribution in [0.1, 0.15) is 42.1 Å². The predicted octanol–water partition coefficient (Wildman–Crippen LogP) is 3.23. The van der Waals surface area contributed by atoms with Crippen molar-refractivity contribution in [2.24, 2.45) is 0 Å². The highest BCUT2D eigenvalue weighted by Crippen LogP contribution is 2.34. The van der Waals surface area contributed by atoms with Crippen molar-refractivity contribution >= 4 is 27.8 Å². The highest BCUT2D eigenvalue weighted by Gasteiger charge is 2.48. The van der Waals surface area contributed by atoms with E-state index in [0.29, 0.717) is 24.9 Å². The average Bonchev–Trinajstić information content (AvgIpc) is 2.86. The van der Waals surface area contributed by atoms with E-state index in [-0.39, 0.29) is 5.91 Å². The molecule has 0 aromatic heterocycles. The lowest BCUT2D eigenvalue weighted by Crippen LogP contribution is -2.52. The Kier molecular flexibility index (Phi) is 4.18. The van der Waals surface area contributed by atoms with Gasteiger partial charge in [-0.05, 0) is 49.9 Å². The SMILES string of the molecule is CCC1(C(=O)O)CCCN1C(=O)c1ccc(Br)c(C)c1. The second-order valence-corrected chi connectivity index (χ2v) is 6.07. The Morgan fingerprint density at radius 1 is 1.45 bits per heavy atom. The molecule has 4 nitrogen and oxygen atoms in total. The molecule has 0 radical (unpaired) electrons. The van der Waals surface area contributed by atoms with Crippen LogP contribution in [0, 0.1) is 6.92 Å². The Bertz CT molecular complexity index is 558. The van der Waals surface area contributed by atoms with Gasteiger partial charge in [0.05, 0.1) is 0 Å². The van der Waals surface area contributed by atoms with Crippen LogP contribution in [0.4, 0.5) is 0 Å². The van der Waals surface area contributed by atoms with E-state index in [4.69, 9.17) is 0 Å². The van der Waals surface area contributed by atoms with E-state index >= 15 is 0 Å². The van der Waals surface area contributed by atoms with Crippen LogP contribution >= 0.6 is 15.9 Å². The number of carbonyl (C=O) groups is 2. The number of hydrogen-bond donors (Lipinski definition) is 1. The molecule has 0 saturated carbocycles. The second kappa shape index (κ2) is 5.56. The van der Waals surface area contributed by atoms with E-state index in [0.717, 1.165) is 16.5 Å². The molecule has 0 aliphatic carbocycles. The minimum atomic E-state index is -1.04. The van der Waals surface area contributed by atoms with Crippen LogP contribution in [0.3, 0.4) is 0 Å². The molecule has 1 aromatic rings. The van der Waals surface area contributed by atoms with Crippen molar-refractivity contribution in [2.45, 2.75) is 38.6 Å². The molecule has 1 N–H and O–H groups in total. The normalized spacial score (nSPS) is 22.1. The molecular weight excluding hydrogens is 322 g/mol. The summed E-state index contributed by atoms with van der Waals surface area (Å²) in [4.78, 5) is 25.8. The Labute approximate surface area is 126 Å². The Morgan fingerprint density at radius 2 is 2.15 bits per heavy atom. The highest BCUT2D eigenvalue weighted by atomic mass is 79.9. The summed E-state index contributed by atoms with van der Waals surface area (Å²) in [5, 5.41) is 9.53. The van der Waals surface area contributed by atoms with E-state index < -0.39 is 11.5 Å². The Hall–Kier alpha value is -1.36. The van der Waals surface area contributed by atoms with E-state index in [1.807, 2.05) is 19.9 Å². The first-order valence-electron chi connectivity index (χ1n) is 6.74. The van der Waals surface area contributed by atoms with Crippen molar-refractivity contribution in [3.63, 3.8) is 0 Å². The van der Waals surface area contributed by atoms with Crippen LogP contribution in [0.5, 0.6) is 0 Å². The highest BCUT2D eigenvalue weighted by molar-refractivity contribution is 9.10. The molecule has 1 aliphatic heterocycles. The molecule has 5 heteroatoms. The molecule has 1 atom stereocenters. The molecule has 108 valence electrons. The van der Waals surface area contributed by atoms with Crippen molar-refractivity contribution in [3.05, 3.63) is 33.8 Å². The zero-order chi connectivity index (χ0) is 14.9. The minimum Gasteiger partial charge on any atom is -0.479 e. The summed E-state index contributed by atoms with van der Waals surface area (Å²) in [7, 11) is 0. The fourth-order valence-electron chi connectivity index (χ4n) is 2.85. The van der Waals surface area contributed by atoms with Gasteiger partial charge in [-0.1, -0.05) is 22.9 Å². The number of amides is 1. The van der Waals surface area contributed by atoms with Crippen molar-refractivity contribution in [2.75, 3.05) is 6.54 Å². The molecule has 1 amide bonds. The standard InChI is InChI=1S/C15H18BrNO3/c1-3-15(14(19)20)7-4-8-17(15)13(18)11-5-6-12(16)10(2)9-11/h5-6,9H,3-4,7-8H2,1-2H3,(H,19,20). The number of carboxylic acids is 1. The van der Waals surface area contributed by atoms with Crippen LogP contribution in [0.15, 0.2) is 22.7 Å². The third-order valence-corrected chi connectivity index (χ3v) is 5.01. The van der Waals surface area contributed by atoms with Crippen molar-refractivity contribution in [1.29, 1.82) is 0 Å². The van der Waals surface area contributed by atoms with Crippen LogP contribution in [-0.4, -0.2) is 34.0 Å². The summed E-state index contributed by atoms with van der Waals surface area (Å²) in [5.41, 5.74) is 0.470. The molecular formula is C15H18BrNO3. The van der Waals surface area contributed by atoms with Gasteiger partial charge in [-0.3, -0.25) is 4.79 Å². The van der Waals surface area contributed by atoms with Crippen LogP contribution in [-0.2, 0) is 4.79 Å². The van der Waals surface area contributed by atoms with Crippen LogP contribution in [0.25, 0.3) is 0 Å². The van der Waals surface area contributed by atoms with E-state index in [1.54, 1.807) is 12.1 Å². The monoisotopic (exact) mass is 339 g/mol. The number of likely N-dealkylation sites (tertiary alicyclic amines) is 1. The molecule has 1 aliphatic rings. The summed E-state index contributed by atoms with van der Waals surface area (Å²) in [5.74, 6) is -1.10. The smallest absolute Gasteiger partial charge is 0.329 e. The predicted molar refractivity (Wildman–Crippen MR) is 79.8 cm³/mol. The first kappa shape index (κ1) is 15.0. The second-order valence-electron chi connectivity index (χ2n) is 5.21. The topological polar surface area (TPSA) is 57.6 Å². The molecule has 0 bridgehead atoms. The van der Waals surface area contributed by atoms with E-state index in [1.165, 1.54) is 4.90 Å². The summed E-state index contributed by atoms with van der Waals surface area (Å²) >= 11 is 3.40. The summed E-state index contributed by atoms with van der Waals surface area (Å²) in [6.07, 6.45) is 1.70. The number of nitrogens with zero attached hydrogens (tertiary/aromatic N) is 1. The van der Waals surface area contributed by atoms with Crippen molar-refractivity contribution < 1.29 is 14.7 Å². The van der Waals surface area contributed by atoms with Gasteiger partial charge in [-0.15, -0.1) is 0 Å². The Balaban J connectivity index is 2.36. The van der Waals surface area contributed by atoms with Gasteiger partial charge in [0.2, 0.25) is 0 Å². The lowest BCUT2D eigenvalue weighted by Gasteiger charge is -2.34. The van der Waals surface area contributed by atoms with Gasteiger partial charge < -0.3 is 10.0 Å². The van der Waals surface area contributed by atoms with Gasteiger partial charge in [0, 0.05) is 16.6 Å². The fraction of sp³-hybridized carbons (Fsp3) is 0.467. The van der Waals surface area contributed by atoms with Crippen LogP contribution in [0.2, 0.25) is 0 Å². The van der Waals surface area contributed by atoms with Crippen LogP contribution < -0.4 is 0 Å². The van der Waals surface area contributed by atoms with Gasteiger partial charge in [0.1, 0.15) is 5.54 Å². The maximum Gasteiger partial charge on any atom is 0.329 e. The third kappa shape index (κ3) is 2.35. The number of aryl methyl sites for hydroxylation is 1. The molecule has 20 heavy (non-hydrogen) atoms. The zero-order valence-electron chi connectivity index (χ0n) is 11.6. The average molecular weight is 340 g/mol. The molecule has 0 spiro atoms. The van der Waals surface area contributed by atoms with Crippen molar-refractivity contribution in [1.82, 2.24) is 4.90 Å². The first-order valence-corrected chi connectivity index (χ1v) is 7.53. The lowest BCUT2D eigenvalue weighted by molar-refractivity contribution is -0.148. The lowest BCUT2D eigenvalue weighted by atomic mass is 9.92. The molecule has 1 fully saturated rings. The first-order chi connectivity index (χ1) is 9.42. The number of rotatable bonds is 3. The van der Waals surface area contributed by atoms with E-state index in [9.17, 15) is 14.7 Å². The van der Waals surface area contributed by atoms with E-state index in [2.05, 4.69) is 15.9 Å². The summed E-state index contributed by atoms with van der Waals surface area (Å²) in [6, 6.07) is 5.36. The molecule has 1 saturated heterocycles. The quantitative estimate of drug-likeness (QED) is 0.919. The summed E-state index contributed by atoms with van der Waals surface area (Å²) < 4.78 is 0.940. The number of halogens is 1. The molecule has 1 unspecified atom stereocenters. The van der Waals surface area contributed by atoms with Gasteiger partial charge in [0.25, 0.3) is 5.91 Å². The Morgan fingerprint density at radius 3 is 2.70 bits per heavy atom. The molecule has 1 heterocycles. The van der Waals surface area contributed by atoms with Gasteiger partial charge in [0.15, 0.2) is 0 Å². The molecule has 2 rings (SSSR count). The summed E-state index contributed by atoms with van der Waals surface area (Å²) in [6.45, 7) is 4.25. The van der Waals surface area contributed by atoms with Crippen molar-refractivity contribution in [3.8, 4) is 0 Å². The van der Waals surface area contributed by atoms with Gasteiger partial charge >= 0.3 is 5.97 Å².